The van der Waals surface area contributed by atoms with Gasteiger partial charge in [-0.15, -0.1) is 0 Å². The summed E-state index contributed by atoms with van der Waals surface area (Å²) in [5, 5.41) is 4.11. The molecule has 2 heterocycles. The number of aliphatic imine (C=N–C) groups is 1. The summed E-state index contributed by atoms with van der Waals surface area (Å²) in [6.45, 7) is 6.26. The van der Waals surface area contributed by atoms with Gasteiger partial charge in [0, 0.05) is 22.1 Å². The molecular weight excluding hydrogens is 522 g/mol. The van der Waals surface area contributed by atoms with Crippen molar-refractivity contribution >= 4 is 46.2 Å². The van der Waals surface area contributed by atoms with Gasteiger partial charge in [-0.1, -0.05) is 29.8 Å². The van der Waals surface area contributed by atoms with Crippen LogP contribution in [0.5, 0.6) is 0 Å². The number of rotatable bonds is 4. The smallest absolute Gasteiger partial charge is 0.264 e. The van der Waals surface area contributed by atoms with E-state index in [9.17, 15) is 4.79 Å². The molecule has 1 saturated heterocycles. The molecule has 0 spiro atoms. The third-order valence-electron chi connectivity index (χ3n) is 9.58. The van der Waals surface area contributed by atoms with E-state index < -0.39 is 0 Å². The fraction of sp³-hybridized carbons (Fsp3) is 0.394. The van der Waals surface area contributed by atoms with Crippen LogP contribution >= 0.6 is 23.4 Å². The first-order valence-electron chi connectivity index (χ1n) is 14.1. The molecule has 4 aliphatic carbocycles. The maximum atomic E-state index is 12.8. The van der Waals surface area contributed by atoms with Crippen molar-refractivity contribution in [2.45, 2.75) is 64.7 Å². The minimum Gasteiger partial charge on any atom is -0.318 e. The minimum atomic E-state index is -0.122. The number of aromatic nitrogens is 1. The first-order chi connectivity index (χ1) is 18.8. The number of hydrogen-bond donors (Lipinski definition) is 1. The molecule has 1 amide bonds. The number of hydrogen-bond acceptors (Lipinski definition) is 3. The number of nitrogens with one attached hydrogen (secondary N) is 1. The third kappa shape index (κ3) is 4.48. The Labute approximate surface area is 239 Å². The normalized spacial score (nSPS) is 29.5. The maximum Gasteiger partial charge on any atom is 0.264 e. The van der Waals surface area contributed by atoms with Crippen LogP contribution in [0.2, 0.25) is 5.02 Å². The molecule has 0 radical (unpaired) electrons. The van der Waals surface area contributed by atoms with Crippen molar-refractivity contribution < 1.29 is 4.79 Å². The van der Waals surface area contributed by atoms with Crippen LogP contribution in [0.3, 0.4) is 0 Å². The Morgan fingerprint density at radius 3 is 2.31 bits per heavy atom. The second-order valence-electron chi connectivity index (χ2n) is 12.3. The molecule has 4 saturated carbocycles. The Balaban J connectivity index is 1.14. The van der Waals surface area contributed by atoms with E-state index in [1.165, 1.54) is 56.0 Å². The van der Waals surface area contributed by atoms with Crippen molar-refractivity contribution in [3.05, 3.63) is 86.5 Å². The third-order valence-corrected chi connectivity index (χ3v) is 10.7. The van der Waals surface area contributed by atoms with Gasteiger partial charge in [-0.3, -0.25) is 4.79 Å². The molecule has 3 aromatic rings. The standard InChI is InChI=1S/C33H34ClN3OS/c1-19-4-7-27(34)15-29(19)35-32-36-31(38)30(39-32)14-25-10-20(2)37(21(25)3)28-8-5-26(6-9-28)33-16-22-11-23(17-33)13-24(12-22)18-33/h4-10,14-15,22-24H,11-13,16-18H2,1-3H3,(H,35,36,38)/b30-14-. The summed E-state index contributed by atoms with van der Waals surface area (Å²) in [6.07, 6.45) is 10.6. The lowest BCUT2D eigenvalue weighted by Gasteiger charge is -2.57. The predicted molar refractivity (Wildman–Crippen MR) is 162 cm³/mol. The highest BCUT2D eigenvalue weighted by Crippen LogP contribution is 2.60. The van der Waals surface area contributed by atoms with Crippen LogP contribution < -0.4 is 5.32 Å². The zero-order chi connectivity index (χ0) is 26.9. The van der Waals surface area contributed by atoms with Gasteiger partial charge < -0.3 is 9.88 Å². The van der Waals surface area contributed by atoms with Gasteiger partial charge >= 0.3 is 0 Å². The summed E-state index contributed by atoms with van der Waals surface area (Å²) in [5.74, 6) is 2.73. The molecule has 1 aliphatic heterocycles. The fourth-order valence-corrected chi connectivity index (χ4v) is 9.19. The summed E-state index contributed by atoms with van der Waals surface area (Å²) in [4.78, 5) is 18.1. The topological polar surface area (TPSA) is 46.4 Å². The van der Waals surface area contributed by atoms with Crippen molar-refractivity contribution in [1.82, 2.24) is 9.88 Å². The van der Waals surface area contributed by atoms with Crippen molar-refractivity contribution in [2.75, 3.05) is 0 Å². The lowest BCUT2D eigenvalue weighted by molar-refractivity contribution is -0.115. The van der Waals surface area contributed by atoms with Crippen LogP contribution in [-0.4, -0.2) is 15.6 Å². The van der Waals surface area contributed by atoms with Crippen molar-refractivity contribution in [1.29, 1.82) is 0 Å². The molecular formula is C33H34ClN3OS. The summed E-state index contributed by atoms with van der Waals surface area (Å²) in [7, 11) is 0. The number of amides is 1. The zero-order valence-electron chi connectivity index (χ0n) is 22.8. The molecule has 1 aromatic heterocycles. The van der Waals surface area contributed by atoms with Crippen LogP contribution in [-0.2, 0) is 10.2 Å². The molecule has 6 heteroatoms. The van der Waals surface area contributed by atoms with E-state index in [-0.39, 0.29) is 5.91 Å². The summed E-state index contributed by atoms with van der Waals surface area (Å²) < 4.78 is 2.30. The van der Waals surface area contributed by atoms with Gasteiger partial charge in [0.2, 0.25) is 0 Å². The van der Waals surface area contributed by atoms with Gasteiger partial charge in [0.05, 0.1) is 10.6 Å². The number of amidine groups is 1. The molecule has 0 atom stereocenters. The Hall–Kier alpha value is -2.76. The average Bonchev–Trinajstić information content (AvgIpc) is 3.37. The van der Waals surface area contributed by atoms with Crippen molar-refractivity contribution in [3.63, 3.8) is 0 Å². The van der Waals surface area contributed by atoms with E-state index in [2.05, 4.69) is 59.1 Å². The fourth-order valence-electron chi connectivity index (χ4n) is 8.19. The second-order valence-corrected chi connectivity index (χ2v) is 13.8. The largest absolute Gasteiger partial charge is 0.318 e. The van der Waals surface area contributed by atoms with E-state index in [1.807, 2.05) is 31.2 Å². The quantitative estimate of drug-likeness (QED) is 0.328. The molecule has 200 valence electrons. The SMILES string of the molecule is Cc1ccc(Cl)cc1N=C1NC(=O)/C(=C/c2cc(C)n(-c3ccc(C45CC6CC(CC(C6)C4)C5)cc3)c2C)S1. The van der Waals surface area contributed by atoms with Crippen LogP contribution in [0.25, 0.3) is 11.8 Å². The van der Waals surface area contributed by atoms with Crippen LogP contribution in [0.4, 0.5) is 5.69 Å². The first kappa shape index (κ1) is 25.2. The van der Waals surface area contributed by atoms with Crippen LogP contribution in [0.1, 0.15) is 66.6 Å². The van der Waals surface area contributed by atoms with Crippen LogP contribution in [0.15, 0.2) is 58.4 Å². The monoisotopic (exact) mass is 555 g/mol. The molecule has 5 aliphatic rings. The number of carbonyl (C=O) groups is 1. The first-order valence-corrected chi connectivity index (χ1v) is 15.3. The lowest BCUT2D eigenvalue weighted by atomic mass is 9.48. The van der Waals surface area contributed by atoms with E-state index in [1.54, 1.807) is 5.56 Å². The van der Waals surface area contributed by atoms with E-state index in [0.717, 1.165) is 46.0 Å². The van der Waals surface area contributed by atoms with Gasteiger partial charge in [0.1, 0.15) is 0 Å². The average molecular weight is 556 g/mol. The highest BCUT2D eigenvalue weighted by Gasteiger charge is 2.51. The van der Waals surface area contributed by atoms with Crippen molar-refractivity contribution in [2.24, 2.45) is 22.7 Å². The number of halogens is 1. The van der Waals surface area contributed by atoms with E-state index in [0.29, 0.717) is 20.5 Å². The number of nitrogens with zero attached hydrogens (tertiary/aromatic N) is 2. The molecule has 4 bridgehead atoms. The molecule has 0 unspecified atom stereocenters. The Morgan fingerprint density at radius 1 is 0.974 bits per heavy atom. The van der Waals surface area contributed by atoms with Gasteiger partial charge in [0.25, 0.3) is 5.91 Å². The zero-order valence-corrected chi connectivity index (χ0v) is 24.3. The highest BCUT2D eigenvalue weighted by molar-refractivity contribution is 8.18. The molecule has 39 heavy (non-hydrogen) atoms. The number of aryl methyl sites for hydroxylation is 2. The van der Waals surface area contributed by atoms with E-state index >= 15 is 0 Å². The summed E-state index contributed by atoms with van der Waals surface area (Å²) >= 11 is 7.52. The molecule has 4 nitrogen and oxygen atoms in total. The molecule has 8 rings (SSSR count). The molecule has 5 fully saturated rings. The summed E-state index contributed by atoms with van der Waals surface area (Å²) in [5.41, 5.74) is 8.27. The highest BCUT2D eigenvalue weighted by atomic mass is 35.5. The molecule has 1 N–H and O–H groups in total. The Bertz CT molecular complexity index is 1510. The number of thioether (sulfide) groups is 1. The number of carbonyl (C=O) groups excluding carboxylic acids is 1. The maximum absolute atomic E-state index is 12.8. The van der Waals surface area contributed by atoms with E-state index in [4.69, 9.17) is 11.6 Å². The number of benzene rings is 2. The lowest BCUT2D eigenvalue weighted by Crippen LogP contribution is -2.48. The van der Waals surface area contributed by atoms with Gasteiger partial charge in [-0.25, -0.2) is 4.99 Å². The van der Waals surface area contributed by atoms with Gasteiger partial charge in [-0.2, -0.15) is 0 Å². The predicted octanol–water partition coefficient (Wildman–Crippen LogP) is 8.42. The van der Waals surface area contributed by atoms with Gasteiger partial charge in [-0.05, 0) is 147 Å². The van der Waals surface area contributed by atoms with Crippen molar-refractivity contribution in [3.8, 4) is 5.69 Å². The van der Waals surface area contributed by atoms with Gasteiger partial charge in [0.15, 0.2) is 5.17 Å². The second kappa shape index (κ2) is 9.42. The van der Waals surface area contributed by atoms with Crippen LogP contribution in [0, 0.1) is 38.5 Å². The Morgan fingerprint density at radius 2 is 1.64 bits per heavy atom. The Kier molecular flexibility index (Phi) is 6.09. The molecule has 2 aromatic carbocycles. The summed E-state index contributed by atoms with van der Waals surface area (Å²) in [6, 6.07) is 17.2. The minimum absolute atomic E-state index is 0.122.